The summed E-state index contributed by atoms with van der Waals surface area (Å²) in [6.45, 7) is 7.23. The molecule has 2 atom stereocenters. The zero-order valence-corrected chi connectivity index (χ0v) is 14.5. The van der Waals surface area contributed by atoms with Crippen molar-refractivity contribution in [1.82, 2.24) is 15.2 Å². The number of hydrogen-bond acceptors (Lipinski definition) is 4. The van der Waals surface area contributed by atoms with E-state index in [4.69, 9.17) is 10.6 Å². The highest BCUT2D eigenvalue weighted by molar-refractivity contribution is 9.10. The number of aromatic nitrogens is 2. The topological polar surface area (TPSA) is 65.1 Å². The van der Waals surface area contributed by atoms with Crippen LogP contribution in [0.1, 0.15) is 45.0 Å². The number of aryl methyl sites for hydroxylation is 2. The SMILES string of the molecule is CCCC(OC)C(Cc1c(Br)c(CC)nn1CC)NN. The lowest BCUT2D eigenvalue weighted by molar-refractivity contribution is 0.0602. The zero-order valence-electron chi connectivity index (χ0n) is 12.9. The minimum absolute atomic E-state index is 0.0861. The van der Waals surface area contributed by atoms with Crippen LogP contribution in [0, 0.1) is 0 Å². The van der Waals surface area contributed by atoms with Crippen LogP contribution in [0.25, 0.3) is 0 Å². The predicted octanol–water partition coefficient (Wildman–Crippen LogP) is 2.42. The van der Waals surface area contributed by atoms with Crippen molar-refractivity contribution in [3.8, 4) is 0 Å². The average Bonchev–Trinajstić information content (AvgIpc) is 2.78. The van der Waals surface area contributed by atoms with Crippen LogP contribution in [0.15, 0.2) is 4.47 Å². The summed E-state index contributed by atoms with van der Waals surface area (Å²) in [5, 5.41) is 4.63. The highest BCUT2D eigenvalue weighted by atomic mass is 79.9. The molecule has 0 amide bonds. The van der Waals surface area contributed by atoms with Crippen molar-refractivity contribution >= 4 is 15.9 Å². The molecule has 116 valence electrons. The Morgan fingerprint density at radius 3 is 2.55 bits per heavy atom. The van der Waals surface area contributed by atoms with E-state index in [2.05, 4.69) is 47.2 Å². The summed E-state index contributed by atoms with van der Waals surface area (Å²) in [5.41, 5.74) is 5.19. The first kappa shape index (κ1) is 17.6. The van der Waals surface area contributed by atoms with Gasteiger partial charge in [-0.05, 0) is 35.7 Å². The van der Waals surface area contributed by atoms with Gasteiger partial charge in [-0.3, -0.25) is 16.0 Å². The van der Waals surface area contributed by atoms with Crippen molar-refractivity contribution in [3.05, 3.63) is 15.9 Å². The molecule has 0 aliphatic heterocycles. The molecule has 5 nitrogen and oxygen atoms in total. The number of halogens is 1. The molecule has 3 N–H and O–H groups in total. The molecule has 1 aromatic rings. The molecule has 1 aromatic heterocycles. The Morgan fingerprint density at radius 2 is 2.10 bits per heavy atom. The molecule has 20 heavy (non-hydrogen) atoms. The summed E-state index contributed by atoms with van der Waals surface area (Å²) in [4.78, 5) is 0. The van der Waals surface area contributed by atoms with Gasteiger partial charge in [-0.1, -0.05) is 20.3 Å². The van der Waals surface area contributed by atoms with Crippen molar-refractivity contribution in [2.45, 2.75) is 65.1 Å². The second-order valence-corrected chi connectivity index (χ2v) is 5.71. The summed E-state index contributed by atoms with van der Waals surface area (Å²) >= 11 is 3.68. The van der Waals surface area contributed by atoms with Gasteiger partial charge in [-0.25, -0.2) is 0 Å². The highest BCUT2D eigenvalue weighted by Crippen LogP contribution is 2.24. The van der Waals surface area contributed by atoms with Gasteiger partial charge >= 0.3 is 0 Å². The Labute approximate surface area is 130 Å². The number of nitrogens with two attached hydrogens (primary N) is 1. The van der Waals surface area contributed by atoms with Gasteiger partial charge in [0.15, 0.2) is 0 Å². The summed E-state index contributed by atoms with van der Waals surface area (Å²) in [6, 6.07) is 0.0861. The molecular weight excluding hydrogens is 320 g/mol. The third-order valence-corrected chi connectivity index (χ3v) is 4.56. The molecule has 1 heterocycles. The maximum Gasteiger partial charge on any atom is 0.0766 e. The summed E-state index contributed by atoms with van der Waals surface area (Å²) in [5.74, 6) is 5.73. The van der Waals surface area contributed by atoms with Gasteiger partial charge in [0.2, 0.25) is 0 Å². The third-order valence-electron chi connectivity index (χ3n) is 3.65. The van der Waals surface area contributed by atoms with E-state index < -0.39 is 0 Å². The zero-order chi connectivity index (χ0) is 15.1. The van der Waals surface area contributed by atoms with Crippen molar-refractivity contribution in [2.24, 2.45) is 5.84 Å². The molecule has 0 aromatic carbocycles. The van der Waals surface area contributed by atoms with E-state index in [-0.39, 0.29) is 12.1 Å². The largest absolute Gasteiger partial charge is 0.380 e. The molecule has 1 rings (SSSR count). The molecule has 0 aliphatic carbocycles. The van der Waals surface area contributed by atoms with Crippen LogP contribution < -0.4 is 11.3 Å². The van der Waals surface area contributed by atoms with Crippen molar-refractivity contribution < 1.29 is 4.74 Å². The first-order chi connectivity index (χ1) is 9.62. The molecule has 2 unspecified atom stereocenters. The molecule has 0 aliphatic rings. The van der Waals surface area contributed by atoms with Crippen LogP contribution in [0.4, 0.5) is 0 Å². The lowest BCUT2D eigenvalue weighted by atomic mass is 10.0. The Kier molecular flexibility index (Phi) is 7.72. The van der Waals surface area contributed by atoms with Crippen LogP contribution in [-0.2, 0) is 24.1 Å². The first-order valence-electron chi connectivity index (χ1n) is 7.35. The number of hydrogen-bond donors (Lipinski definition) is 2. The van der Waals surface area contributed by atoms with Gasteiger partial charge in [0, 0.05) is 20.1 Å². The molecule has 0 fully saturated rings. The fourth-order valence-electron chi connectivity index (χ4n) is 2.49. The second-order valence-electron chi connectivity index (χ2n) is 4.92. The monoisotopic (exact) mass is 346 g/mol. The quantitative estimate of drug-likeness (QED) is 0.532. The Balaban J connectivity index is 2.96. The van der Waals surface area contributed by atoms with Crippen molar-refractivity contribution in [2.75, 3.05) is 7.11 Å². The van der Waals surface area contributed by atoms with E-state index in [1.54, 1.807) is 7.11 Å². The number of rotatable bonds is 9. The van der Waals surface area contributed by atoms with Gasteiger partial charge in [0.05, 0.1) is 28.0 Å². The van der Waals surface area contributed by atoms with E-state index in [0.717, 1.165) is 42.4 Å². The number of hydrazine groups is 1. The van der Waals surface area contributed by atoms with Crippen LogP contribution in [-0.4, -0.2) is 29.0 Å². The Morgan fingerprint density at radius 1 is 1.40 bits per heavy atom. The van der Waals surface area contributed by atoms with Crippen LogP contribution in [0.2, 0.25) is 0 Å². The number of ether oxygens (including phenoxy) is 1. The van der Waals surface area contributed by atoms with Gasteiger partial charge in [0.1, 0.15) is 0 Å². The minimum Gasteiger partial charge on any atom is -0.380 e. The molecular formula is C14H27BrN4O. The Hall–Kier alpha value is -0.430. The lowest BCUT2D eigenvalue weighted by Crippen LogP contribution is -2.46. The molecule has 6 heteroatoms. The Bertz CT molecular complexity index is 408. The number of nitrogens with one attached hydrogen (secondary N) is 1. The average molecular weight is 347 g/mol. The van der Waals surface area contributed by atoms with Crippen LogP contribution in [0.5, 0.6) is 0 Å². The normalized spacial score (nSPS) is 14.5. The fourth-order valence-corrected chi connectivity index (χ4v) is 3.21. The highest BCUT2D eigenvalue weighted by Gasteiger charge is 2.24. The van der Waals surface area contributed by atoms with Crippen LogP contribution in [0.3, 0.4) is 0 Å². The second kappa shape index (κ2) is 8.77. The van der Waals surface area contributed by atoms with Crippen LogP contribution >= 0.6 is 15.9 Å². The van der Waals surface area contributed by atoms with E-state index >= 15 is 0 Å². The smallest absolute Gasteiger partial charge is 0.0766 e. The fraction of sp³-hybridized carbons (Fsp3) is 0.786. The van der Waals surface area contributed by atoms with Gasteiger partial charge in [0.25, 0.3) is 0 Å². The molecule has 0 radical (unpaired) electrons. The maximum absolute atomic E-state index is 5.73. The van der Waals surface area contributed by atoms with E-state index in [0.29, 0.717) is 0 Å². The molecule has 0 saturated heterocycles. The van der Waals surface area contributed by atoms with Gasteiger partial charge < -0.3 is 4.74 Å². The maximum atomic E-state index is 5.73. The molecule has 0 saturated carbocycles. The number of nitrogens with zero attached hydrogens (tertiary/aromatic N) is 2. The summed E-state index contributed by atoms with van der Waals surface area (Å²) in [7, 11) is 1.74. The van der Waals surface area contributed by atoms with E-state index in [1.807, 2.05) is 4.68 Å². The molecule has 0 bridgehead atoms. The van der Waals surface area contributed by atoms with E-state index in [9.17, 15) is 0 Å². The van der Waals surface area contributed by atoms with Crippen molar-refractivity contribution in [3.63, 3.8) is 0 Å². The standard InChI is InChI=1S/C14H27BrN4O/c1-5-8-13(20-4)11(17-16)9-12-14(15)10(6-2)18-19(12)7-3/h11,13,17H,5-9,16H2,1-4H3. The van der Waals surface area contributed by atoms with Gasteiger partial charge in [-0.15, -0.1) is 0 Å². The van der Waals surface area contributed by atoms with E-state index in [1.165, 1.54) is 5.69 Å². The van der Waals surface area contributed by atoms with Gasteiger partial charge in [-0.2, -0.15) is 5.10 Å². The predicted molar refractivity (Wildman–Crippen MR) is 85.5 cm³/mol. The third kappa shape index (κ3) is 4.04. The summed E-state index contributed by atoms with van der Waals surface area (Å²) < 4.78 is 8.73. The van der Waals surface area contributed by atoms with Crippen molar-refractivity contribution in [1.29, 1.82) is 0 Å². The molecule has 0 spiro atoms. The first-order valence-corrected chi connectivity index (χ1v) is 8.14. The number of methoxy groups -OCH3 is 1. The lowest BCUT2D eigenvalue weighted by Gasteiger charge is -2.25. The summed E-state index contributed by atoms with van der Waals surface area (Å²) in [6.07, 6.45) is 3.90. The minimum atomic E-state index is 0.0861.